The molecule has 0 saturated heterocycles. The van der Waals surface area contributed by atoms with Crippen LogP contribution in [-0.2, 0) is 18.2 Å². The predicted molar refractivity (Wildman–Crippen MR) is 61.1 cm³/mol. The second-order valence-electron chi connectivity index (χ2n) is 4.28. The predicted octanol–water partition coefficient (Wildman–Crippen LogP) is 0.515. The van der Waals surface area contributed by atoms with Crippen molar-refractivity contribution in [2.75, 3.05) is 13.2 Å². The van der Waals surface area contributed by atoms with Gasteiger partial charge >= 0.3 is 0 Å². The fraction of sp³-hybridized carbons (Fsp3) is 0.818. The molecule has 1 aliphatic rings. The molecular formula is C11H20N4O. The lowest BCUT2D eigenvalue weighted by molar-refractivity contribution is -0.00962. The van der Waals surface area contributed by atoms with E-state index in [-0.39, 0.29) is 0 Å². The molecular weight excluding hydrogens is 204 g/mol. The topological polar surface area (TPSA) is 52.0 Å². The Morgan fingerprint density at radius 1 is 1.56 bits per heavy atom. The molecule has 0 spiro atoms. The molecule has 0 aromatic carbocycles. The summed E-state index contributed by atoms with van der Waals surface area (Å²) in [7, 11) is 1.89. The van der Waals surface area contributed by atoms with Crippen LogP contribution in [-0.4, -0.2) is 40.1 Å². The Morgan fingerprint density at radius 3 is 3.00 bits per heavy atom. The second-order valence-corrected chi connectivity index (χ2v) is 4.28. The fourth-order valence-electron chi connectivity index (χ4n) is 1.99. The zero-order valence-electron chi connectivity index (χ0n) is 10.0. The van der Waals surface area contributed by atoms with Gasteiger partial charge in [0.1, 0.15) is 6.33 Å². The Balaban J connectivity index is 1.56. The number of rotatable bonds is 6. The van der Waals surface area contributed by atoms with Gasteiger partial charge in [-0.2, -0.15) is 5.10 Å². The number of hydrogen-bond donors (Lipinski definition) is 1. The monoisotopic (exact) mass is 224 g/mol. The van der Waals surface area contributed by atoms with Crippen LogP contribution < -0.4 is 5.32 Å². The molecule has 1 fully saturated rings. The summed E-state index contributed by atoms with van der Waals surface area (Å²) in [5.74, 6) is 0.913. The molecule has 0 aliphatic heterocycles. The first kappa shape index (κ1) is 11.5. The number of ether oxygens (including phenoxy) is 1. The van der Waals surface area contributed by atoms with Crippen molar-refractivity contribution in [3.8, 4) is 0 Å². The van der Waals surface area contributed by atoms with E-state index < -0.39 is 0 Å². The third kappa shape index (κ3) is 3.02. The molecule has 0 bridgehead atoms. The van der Waals surface area contributed by atoms with Crippen LogP contribution in [0.5, 0.6) is 0 Å². The molecule has 1 aliphatic carbocycles. The molecule has 1 N–H and O–H groups in total. The highest BCUT2D eigenvalue weighted by molar-refractivity contribution is 4.88. The van der Waals surface area contributed by atoms with E-state index in [1.807, 2.05) is 14.0 Å². The average Bonchev–Trinajstić information content (AvgIpc) is 2.60. The summed E-state index contributed by atoms with van der Waals surface area (Å²) >= 11 is 0. The summed E-state index contributed by atoms with van der Waals surface area (Å²) in [5.41, 5.74) is 0. The third-order valence-electron chi connectivity index (χ3n) is 2.93. The Bertz CT molecular complexity index is 320. The van der Waals surface area contributed by atoms with Crippen LogP contribution in [0, 0.1) is 0 Å². The molecule has 5 heteroatoms. The second kappa shape index (κ2) is 5.41. The van der Waals surface area contributed by atoms with Crippen molar-refractivity contribution in [2.24, 2.45) is 7.05 Å². The summed E-state index contributed by atoms with van der Waals surface area (Å²) in [6.07, 6.45) is 5.41. The van der Waals surface area contributed by atoms with Crippen molar-refractivity contribution in [1.82, 2.24) is 20.1 Å². The minimum absolute atomic E-state index is 0.482. The first-order valence-corrected chi connectivity index (χ1v) is 5.97. The summed E-state index contributed by atoms with van der Waals surface area (Å²) in [4.78, 5) is 4.19. The van der Waals surface area contributed by atoms with E-state index in [2.05, 4.69) is 15.4 Å². The number of hydrogen-bond acceptors (Lipinski definition) is 4. The van der Waals surface area contributed by atoms with Crippen molar-refractivity contribution in [1.29, 1.82) is 0 Å². The Morgan fingerprint density at radius 2 is 2.38 bits per heavy atom. The van der Waals surface area contributed by atoms with Gasteiger partial charge in [0.25, 0.3) is 0 Å². The first-order valence-electron chi connectivity index (χ1n) is 5.97. The Hall–Kier alpha value is -0.940. The highest BCUT2D eigenvalue weighted by Crippen LogP contribution is 2.22. The van der Waals surface area contributed by atoms with E-state index >= 15 is 0 Å². The molecule has 90 valence electrons. The average molecular weight is 224 g/mol. The van der Waals surface area contributed by atoms with E-state index in [1.165, 1.54) is 0 Å². The van der Waals surface area contributed by atoms with Crippen LogP contribution in [0.3, 0.4) is 0 Å². The van der Waals surface area contributed by atoms with E-state index in [0.717, 1.165) is 38.2 Å². The van der Waals surface area contributed by atoms with Gasteiger partial charge in [-0.05, 0) is 19.8 Å². The largest absolute Gasteiger partial charge is 0.378 e. The first-order chi connectivity index (χ1) is 7.78. The summed E-state index contributed by atoms with van der Waals surface area (Å²) in [6, 6.07) is 0.625. The zero-order valence-corrected chi connectivity index (χ0v) is 10.0. The van der Waals surface area contributed by atoms with Gasteiger partial charge in [0.05, 0.1) is 6.10 Å². The lowest BCUT2D eigenvalue weighted by Gasteiger charge is -2.35. The molecule has 0 radical (unpaired) electrons. The number of nitrogens with zero attached hydrogens (tertiary/aromatic N) is 3. The highest BCUT2D eigenvalue weighted by atomic mass is 16.5. The Labute approximate surface area is 96.2 Å². The SMILES string of the molecule is CCOC1CC(NCCc2ncn(C)n2)C1. The molecule has 0 atom stereocenters. The van der Waals surface area contributed by atoms with Crippen molar-refractivity contribution in [3.63, 3.8) is 0 Å². The third-order valence-corrected chi connectivity index (χ3v) is 2.93. The lowest BCUT2D eigenvalue weighted by Crippen LogP contribution is -2.46. The van der Waals surface area contributed by atoms with Gasteiger partial charge in [0.15, 0.2) is 5.82 Å². The molecule has 16 heavy (non-hydrogen) atoms. The minimum atomic E-state index is 0.482. The molecule has 0 unspecified atom stereocenters. The van der Waals surface area contributed by atoms with Crippen LogP contribution in [0.1, 0.15) is 25.6 Å². The van der Waals surface area contributed by atoms with Crippen molar-refractivity contribution < 1.29 is 4.74 Å². The summed E-state index contributed by atoms with van der Waals surface area (Å²) in [6.45, 7) is 3.83. The number of aromatic nitrogens is 3. The van der Waals surface area contributed by atoms with Crippen LogP contribution in [0.4, 0.5) is 0 Å². The molecule has 1 heterocycles. The van der Waals surface area contributed by atoms with Crippen LogP contribution in [0.2, 0.25) is 0 Å². The van der Waals surface area contributed by atoms with E-state index in [0.29, 0.717) is 12.1 Å². The van der Waals surface area contributed by atoms with Crippen LogP contribution in [0.15, 0.2) is 6.33 Å². The standard InChI is InChI=1S/C11H20N4O/c1-3-16-10-6-9(7-10)12-5-4-11-13-8-15(2)14-11/h8-10,12H,3-7H2,1-2H3. The van der Waals surface area contributed by atoms with E-state index in [9.17, 15) is 0 Å². The molecule has 5 nitrogen and oxygen atoms in total. The van der Waals surface area contributed by atoms with Crippen LogP contribution >= 0.6 is 0 Å². The number of aryl methyl sites for hydroxylation is 1. The molecule has 0 amide bonds. The minimum Gasteiger partial charge on any atom is -0.378 e. The van der Waals surface area contributed by atoms with Gasteiger partial charge in [-0.1, -0.05) is 0 Å². The maximum absolute atomic E-state index is 5.51. The van der Waals surface area contributed by atoms with E-state index in [1.54, 1.807) is 11.0 Å². The van der Waals surface area contributed by atoms with E-state index in [4.69, 9.17) is 4.74 Å². The maximum Gasteiger partial charge on any atom is 0.151 e. The van der Waals surface area contributed by atoms with Crippen LogP contribution in [0.25, 0.3) is 0 Å². The fourth-order valence-corrected chi connectivity index (χ4v) is 1.99. The Kier molecular flexibility index (Phi) is 3.90. The van der Waals surface area contributed by atoms with Gasteiger partial charge in [-0.15, -0.1) is 0 Å². The normalized spacial score (nSPS) is 24.4. The quantitative estimate of drug-likeness (QED) is 0.765. The van der Waals surface area contributed by atoms with Gasteiger partial charge in [0, 0.05) is 32.7 Å². The number of nitrogens with one attached hydrogen (secondary N) is 1. The smallest absolute Gasteiger partial charge is 0.151 e. The van der Waals surface area contributed by atoms with Gasteiger partial charge in [-0.3, -0.25) is 4.68 Å². The molecule has 1 aromatic heterocycles. The lowest BCUT2D eigenvalue weighted by atomic mass is 9.89. The highest BCUT2D eigenvalue weighted by Gasteiger charge is 2.28. The van der Waals surface area contributed by atoms with Gasteiger partial charge in [0.2, 0.25) is 0 Å². The van der Waals surface area contributed by atoms with Crippen molar-refractivity contribution in [2.45, 2.75) is 38.3 Å². The zero-order chi connectivity index (χ0) is 11.4. The summed E-state index contributed by atoms with van der Waals surface area (Å²) < 4.78 is 7.25. The molecule has 1 aromatic rings. The summed E-state index contributed by atoms with van der Waals surface area (Å²) in [5, 5.41) is 7.73. The molecule has 1 saturated carbocycles. The molecule has 2 rings (SSSR count). The van der Waals surface area contributed by atoms with Gasteiger partial charge in [-0.25, -0.2) is 4.98 Å². The van der Waals surface area contributed by atoms with Crippen molar-refractivity contribution >= 4 is 0 Å². The van der Waals surface area contributed by atoms with Crippen molar-refractivity contribution in [3.05, 3.63) is 12.2 Å². The van der Waals surface area contributed by atoms with Gasteiger partial charge < -0.3 is 10.1 Å². The maximum atomic E-state index is 5.51.